The van der Waals surface area contributed by atoms with Crippen molar-refractivity contribution in [1.29, 1.82) is 5.26 Å². The Morgan fingerprint density at radius 1 is 1.12 bits per heavy atom. The van der Waals surface area contributed by atoms with E-state index in [1.54, 1.807) is 6.20 Å². The van der Waals surface area contributed by atoms with Gasteiger partial charge in [0.05, 0.1) is 19.2 Å². The minimum Gasteiger partial charge on any atom is -0.490 e. The summed E-state index contributed by atoms with van der Waals surface area (Å²) in [5.74, 6) is 7.98. The summed E-state index contributed by atoms with van der Waals surface area (Å²) < 4.78 is 19.7. The maximum atomic E-state index is 10.1. The van der Waals surface area contributed by atoms with Crippen molar-refractivity contribution in [3.8, 4) is 34.8 Å². The number of aliphatic hydroxyl groups excluding tert-OH is 1. The normalized spacial score (nSPS) is 21.8. The molecule has 5 rings (SSSR count). The molecule has 1 aliphatic heterocycles. The lowest BCUT2D eigenvalue weighted by Crippen LogP contribution is -2.46. The van der Waals surface area contributed by atoms with Gasteiger partial charge < -0.3 is 29.2 Å². The van der Waals surface area contributed by atoms with E-state index in [0.29, 0.717) is 12.6 Å². The molecule has 8 heteroatoms. The largest absolute Gasteiger partial charge is 0.490 e. The standard InChI is InChI=1S/C32H36N4O4/c1-23(39-31-4-2-3-19-38-31)32-35-17-18-36(32)28(22-37)12-7-24-5-8-25(9-6-24)26-10-13-29(14-11-26)40-30-20-27(21-30)34-16-15-33/h5-6,8-11,13-14,17-18,23,27-28,30-31,34,37H,2-4,16,19-22H2,1H3/t23?,27?,28-,30?,31?/m0/s1. The molecule has 3 aromatic rings. The first kappa shape index (κ1) is 27.9. The van der Waals surface area contributed by atoms with Crippen molar-refractivity contribution in [2.24, 2.45) is 0 Å². The molecule has 8 nitrogen and oxygen atoms in total. The summed E-state index contributed by atoms with van der Waals surface area (Å²) in [4.78, 5) is 4.48. The quantitative estimate of drug-likeness (QED) is 0.282. The summed E-state index contributed by atoms with van der Waals surface area (Å²) in [5.41, 5.74) is 3.06. The Morgan fingerprint density at radius 2 is 1.88 bits per heavy atom. The van der Waals surface area contributed by atoms with Crippen molar-refractivity contribution in [2.75, 3.05) is 19.8 Å². The topological polar surface area (TPSA) is 102 Å². The van der Waals surface area contributed by atoms with E-state index in [1.807, 2.05) is 54.1 Å². The maximum absolute atomic E-state index is 10.1. The van der Waals surface area contributed by atoms with Gasteiger partial charge in [0.1, 0.15) is 29.8 Å². The van der Waals surface area contributed by atoms with Crippen LogP contribution in [0.4, 0.5) is 0 Å². The first-order chi connectivity index (χ1) is 19.6. The predicted octanol–water partition coefficient (Wildman–Crippen LogP) is 4.76. The fourth-order valence-electron chi connectivity index (χ4n) is 5.06. The van der Waals surface area contributed by atoms with E-state index < -0.39 is 6.04 Å². The van der Waals surface area contributed by atoms with Gasteiger partial charge in [0.15, 0.2) is 6.29 Å². The molecule has 1 saturated carbocycles. The van der Waals surface area contributed by atoms with E-state index in [4.69, 9.17) is 19.5 Å². The minimum absolute atomic E-state index is 0.132. The van der Waals surface area contributed by atoms with Crippen molar-refractivity contribution in [3.05, 3.63) is 72.3 Å². The van der Waals surface area contributed by atoms with Gasteiger partial charge in [0.25, 0.3) is 0 Å². The fourth-order valence-corrected chi connectivity index (χ4v) is 5.06. The number of hydrogen-bond donors (Lipinski definition) is 2. The zero-order valence-electron chi connectivity index (χ0n) is 22.8. The van der Waals surface area contributed by atoms with Crippen LogP contribution in [-0.2, 0) is 9.47 Å². The number of rotatable bonds is 10. The molecule has 0 radical (unpaired) electrons. The van der Waals surface area contributed by atoms with Gasteiger partial charge in [-0.3, -0.25) is 0 Å². The van der Waals surface area contributed by atoms with Crippen LogP contribution in [0.25, 0.3) is 11.1 Å². The number of aliphatic hydroxyl groups is 1. The Labute approximate surface area is 235 Å². The van der Waals surface area contributed by atoms with Crippen LogP contribution in [0.15, 0.2) is 60.9 Å². The number of aromatic nitrogens is 2. The lowest BCUT2D eigenvalue weighted by Gasteiger charge is -2.35. The van der Waals surface area contributed by atoms with Crippen molar-refractivity contribution < 1.29 is 19.3 Å². The first-order valence-corrected chi connectivity index (χ1v) is 14.0. The number of benzene rings is 2. The number of hydrogen-bond acceptors (Lipinski definition) is 7. The molecule has 2 N–H and O–H groups in total. The third kappa shape index (κ3) is 7.10. The highest BCUT2D eigenvalue weighted by Crippen LogP contribution is 2.28. The zero-order valence-corrected chi connectivity index (χ0v) is 22.8. The second-order valence-electron chi connectivity index (χ2n) is 10.3. The monoisotopic (exact) mass is 540 g/mol. The highest BCUT2D eigenvalue weighted by molar-refractivity contribution is 5.65. The summed E-state index contributed by atoms with van der Waals surface area (Å²) in [6, 6.07) is 18.3. The predicted molar refractivity (Wildman–Crippen MR) is 151 cm³/mol. The summed E-state index contributed by atoms with van der Waals surface area (Å²) in [6.07, 6.45) is 8.14. The van der Waals surface area contributed by atoms with Crippen LogP contribution in [0.1, 0.15) is 62.6 Å². The average molecular weight is 541 g/mol. The highest BCUT2D eigenvalue weighted by Gasteiger charge is 2.30. The molecule has 2 heterocycles. The zero-order chi connectivity index (χ0) is 27.7. The molecule has 0 spiro atoms. The van der Waals surface area contributed by atoms with Crippen LogP contribution in [0.3, 0.4) is 0 Å². The number of nitrogens with zero attached hydrogens (tertiary/aromatic N) is 3. The molecule has 1 aromatic heterocycles. The van der Waals surface area contributed by atoms with Gasteiger partial charge in [0, 0.05) is 30.6 Å². The minimum atomic E-state index is -0.434. The van der Waals surface area contributed by atoms with Crippen LogP contribution >= 0.6 is 0 Å². The van der Waals surface area contributed by atoms with Gasteiger partial charge in [-0.1, -0.05) is 36.1 Å². The van der Waals surface area contributed by atoms with Crippen LogP contribution in [0.2, 0.25) is 0 Å². The van der Waals surface area contributed by atoms with Gasteiger partial charge in [-0.2, -0.15) is 5.26 Å². The molecule has 1 aliphatic carbocycles. The Hall–Kier alpha value is -3.66. The van der Waals surface area contributed by atoms with E-state index in [-0.39, 0.29) is 25.1 Å². The Kier molecular flexibility index (Phi) is 9.49. The van der Waals surface area contributed by atoms with Gasteiger partial charge in [-0.25, -0.2) is 4.98 Å². The summed E-state index contributed by atoms with van der Waals surface area (Å²) >= 11 is 0. The molecule has 3 atom stereocenters. The Bertz CT molecular complexity index is 1320. The summed E-state index contributed by atoms with van der Waals surface area (Å²) in [7, 11) is 0. The molecule has 0 bridgehead atoms. The van der Waals surface area contributed by atoms with Gasteiger partial charge >= 0.3 is 0 Å². The van der Waals surface area contributed by atoms with E-state index in [1.165, 1.54) is 0 Å². The maximum Gasteiger partial charge on any atom is 0.158 e. The van der Waals surface area contributed by atoms with Gasteiger partial charge in [-0.15, -0.1) is 0 Å². The molecule has 2 fully saturated rings. The van der Waals surface area contributed by atoms with Crippen molar-refractivity contribution >= 4 is 0 Å². The van der Waals surface area contributed by atoms with E-state index in [9.17, 15) is 5.11 Å². The second-order valence-corrected chi connectivity index (χ2v) is 10.3. The number of nitriles is 1. The number of nitrogens with one attached hydrogen (secondary N) is 1. The van der Waals surface area contributed by atoms with Crippen LogP contribution < -0.4 is 10.1 Å². The fraction of sp³-hybridized carbons (Fsp3) is 0.438. The molecule has 2 aliphatic rings. The smallest absolute Gasteiger partial charge is 0.158 e. The molecule has 0 amide bonds. The molecule has 2 unspecified atom stereocenters. The van der Waals surface area contributed by atoms with Crippen LogP contribution in [0, 0.1) is 23.2 Å². The molecular weight excluding hydrogens is 504 g/mol. The Morgan fingerprint density at radius 3 is 2.55 bits per heavy atom. The average Bonchev–Trinajstić information content (AvgIpc) is 3.46. The highest BCUT2D eigenvalue weighted by atomic mass is 16.7. The molecule has 40 heavy (non-hydrogen) atoms. The summed E-state index contributed by atoms with van der Waals surface area (Å²) in [6.45, 7) is 2.93. The molecule has 208 valence electrons. The summed E-state index contributed by atoms with van der Waals surface area (Å²) in [5, 5.41) is 22.0. The lowest BCUT2D eigenvalue weighted by atomic mass is 9.89. The van der Waals surface area contributed by atoms with Gasteiger partial charge in [0.2, 0.25) is 0 Å². The SMILES string of the molecule is CC(OC1CCCCO1)c1nccn1[C@@H](C#Cc1ccc(-c2ccc(OC3CC(NCC#N)C3)cc2)cc1)CO. The van der Waals surface area contributed by atoms with Crippen LogP contribution in [-0.4, -0.2) is 52.9 Å². The number of ether oxygens (including phenoxy) is 3. The number of imidazole rings is 1. The van der Waals surface area contributed by atoms with Crippen molar-refractivity contribution in [3.63, 3.8) is 0 Å². The van der Waals surface area contributed by atoms with Crippen molar-refractivity contribution in [2.45, 2.75) is 69.6 Å². The second kappa shape index (κ2) is 13.6. The van der Waals surface area contributed by atoms with Crippen molar-refractivity contribution in [1.82, 2.24) is 14.9 Å². The lowest BCUT2D eigenvalue weighted by molar-refractivity contribution is -0.188. The molecular formula is C32H36N4O4. The van der Waals surface area contributed by atoms with E-state index >= 15 is 0 Å². The van der Waals surface area contributed by atoms with E-state index in [0.717, 1.165) is 67.0 Å². The van der Waals surface area contributed by atoms with Gasteiger partial charge in [-0.05, 0) is 74.4 Å². The van der Waals surface area contributed by atoms with Crippen LogP contribution in [0.5, 0.6) is 5.75 Å². The molecule has 1 saturated heterocycles. The Balaban J connectivity index is 1.17. The first-order valence-electron chi connectivity index (χ1n) is 14.0. The third-order valence-electron chi connectivity index (χ3n) is 7.39. The third-order valence-corrected chi connectivity index (χ3v) is 7.39. The van der Waals surface area contributed by atoms with E-state index in [2.05, 4.69) is 40.3 Å². The molecule has 2 aromatic carbocycles.